The first-order valence-corrected chi connectivity index (χ1v) is 8.34. The van der Waals surface area contributed by atoms with Crippen LogP contribution in [0.15, 0.2) is 36.5 Å². The van der Waals surface area contributed by atoms with Crippen LogP contribution in [0.3, 0.4) is 0 Å². The third-order valence-corrected chi connectivity index (χ3v) is 3.24. The van der Waals surface area contributed by atoms with Gasteiger partial charge in [-0.3, -0.25) is 10.1 Å². The number of hydrogen-bond acceptors (Lipinski definition) is 2. The van der Waals surface area contributed by atoms with Crippen LogP contribution in [0.2, 0.25) is 0 Å². The minimum Gasteiger partial charge on any atom is -0.265 e. The molecule has 0 bridgehead atoms. The lowest BCUT2D eigenvalue weighted by molar-refractivity contribution is -0.480. The van der Waals surface area contributed by atoms with E-state index in [4.69, 9.17) is 0 Å². The predicted octanol–water partition coefficient (Wildman–Crippen LogP) is 5.85. The first kappa shape index (κ1) is 19.6. The Labute approximate surface area is 130 Å². The Hall–Kier alpha value is -1.38. The van der Waals surface area contributed by atoms with Gasteiger partial charge in [-0.05, 0) is 38.5 Å². The van der Waals surface area contributed by atoms with Gasteiger partial charge in [-0.1, -0.05) is 62.6 Å². The van der Waals surface area contributed by atoms with Gasteiger partial charge >= 0.3 is 0 Å². The summed E-state index contributed by atoms with van der Waals surface area (Å²) in [4.78, 5) is 9.91. The summed E-state index contributed by atoms with van der Waals surface area (Å²) in [5.41, 5.74) is 0. The molecule has 0 aromatic rings. The minimum absolute atomic E-state index is 0.129. The van der Waals surface area contributed by atoms with E-state index in [2.05, 4.69) is 43.4 Å². The second kappa shape index (κ2) is 16.7. The molecule has 0 aromatic heterocycles. The molecule has 0 rings (SSSR count). The zero-order valence-corrected chi connectivity index (χ0v) is 13.5. The van der Waals surface area contributed by atoms with E-state index in [9.17, 15) is 10.1 Å². The fraction of sp³-hybridized carbons (Fsp3) is 0.667. The molecule has 0 unspecified atom stereocenters. The summed E-state index contributed by atoms with van der Waals surface area (Å²) in [6.07, 6.45) is 24.2. The predicted molar refractivity (Wildman–Crippen MR) is 91.1 cm³/mol. The molecular formula is C18H31NO2. The highest BCUT2D eigenvalue weighted by atomic mass is 16.6. The molecule has 0 fully saturated rings. The van der Waals surface area contributed by atoms with Crippen LogP contribution in [0.4, 0.5) is 0 Å². The van der Waals surface area contributed by atoms with Crippen molar-refractivity contribution in [3.63, 3.8) is 0 Å². The number of rotatable bonds is 14. The average Bonchev–Trinajstić information content (AvgIpc) is 2.46. The van der Waals surface area contributed by atoms with E-state index in [0.29, 0.717) is 0 Å². The van der Waals surface area contributed by atoms with Crippen molar-refractivity contribution in [3.05, 3.63) is 46.6 Å². The maximum Gasteiger partial charge on any atom is 0.203 e. The van der Waals surface area contributed by atoms with Crippen LogP contribution in [0.25, 0.3) is 0 Å². The van der Waals surface area contributed by atoms with Gasteiger partial charge in [0, 0.05) is 11.3 Å². The Morgan fingerprint density at radius 2 is 1.29 bits per heavy atom. The maximum absolute atomic E-state index is 10.1. The molecule has 0 aliphatic carbocycles. The van der Waals surface area contributed by atoms with Crippen molar-refractivity contribution in [2.24, 2.45) is 0 Å². The number of nitro groups is 1. The molecule has 0 saturated heterocycles. The molecular weight excluding hydrogens is 262 g/mol. The number of nitrogens with zero attached hydrogens (tertiary/aromatic N) is 1. The van der Waals surface area contributed by atoms with Crippen LogP contribution in [0, 0.1) is 10.1 Å². The average molecular weight is 293 g/mol. The number of allylic oxidation sites excluding steroid dienone is 6. The molecule has 0 amide bonds. The standard InChI is InChI=1S/C18H31NO2/c1-2-3-4-5-6-7-8-9-10-11-12-13-14-15-16-17-18-19(20)21/h3-4,6-7,9-10H,2,5,8,11-18H2,1H3. The molecule has 0 aliphatic heterocycles. The topological polar surface area (TPSA) is 43.1 Å². The summed E-state index contributed by atoms with van der Waals surface area (Å²) in [6.45, 7) is 2.28. The summed E-state index contributed by atoms with van der Waals surface area (Å²) in [6, 6.07) is 0. The zero-order valence-electron chi connectivity index (χ0n) is 13.5. The van der Waals surface area contributed by atoms with Crippen LogP contribution in [-0.2, 0) is 0 Å². The van der Waals surface area contributed by atoms with Crippen molar-refractivity contribution in [2.75, 3.05) is 6.54 Å². The highest BCUT2D eigenvalue weighted by molar-refractivity contribution is 4.96. The largest absolute Gasteiger partial charge is 0.265 e. The van der Waals surface area contributed by atoms with E-state index in [1.165, 1.54) is 19.3 Å². The van der Waals surface area contributed by atoms with E-state index in [-0.39, 0.29) is 11.5 Å². The third-order valence-electron chi connectivity index (χ3n) is 3.24. The Balaban J connectivity index is 3.22. The van der Waals surface area contributed by atoms with Crippen LogP contribution in [0.5, 0.6) is 0 Å². The van der Waals surface area contributed by atoms with Crippen LogP contribution in [-0.4, -0.2) is 11.5 Å². The van der Waals surface area contributed by atoms with Gasteiger partial charge in [-0.15, -0.1) is 0 Å². The fourth-order valence-electron chi connectivity index (χ4n) is 2.04. The van der Waals surface area contributed by atoms with Crippen molar-refractivity contribution in [1.82, 2.24) is 0 Å². The molecule has 0 aromatic carbocycles. The molecule has 0 aliphatic rings. The molecule has 0 atom stereocenters. The zero-order chi connectivity index (χ0) is 15.6. The van der Waals surface area contributed by atoms with Crippen LogP contribution >= 0.6 is 0 Å². The van der Waals surface area contributed by atoms with E-state index >= 15 is 0 Å². The van der Waals surface area contributed by atoms with Crippen LogP contribution in [0.1, 0.15) is 71.1 Å². The summed E-state index contributed by atoms with van der Waals surface area (Å²) >= 11 is 0. The second-order valence-corrected chi connectivity index (χ2v) is 5.26. The van der Waals surface area contributed by atoms with Gasteiger partial charge in [0.05, 0.1) is 0 Å². The second-order valence-electron chi connectivity index (χ2n) is 5.26. The lowest BCUT2D eigenvalue weighted by Gasteiger charge is -1.98. The van der Waals surface area contributed by atoms with E-state index < -0.39 is 0 Å². The number of unbranched alkanes of at least 4 members (excludes halogenated alkanes) is 6. The van der Waals surface area contributed by atoms with Crippen molar-refractivity contribution < 1.29 is 4.92 Å². The molecule has 120 valence electrons. The van der Waals surface area contributed by atoms with Gasteiger partial charge < -0.3 is 0 Å². The summed E-state index contributed by atoms with van der Waals surface area (Å²) in [5, 5.41) is 10.1. The van der Waals surface area contributed by atoms with Gasteiger partial charge in [0.2, 0.25) is 6.54 Å². The van der Waals surface area contributed by atoms with E-state index in [1.54, 1.807) is 0 Å². The normalized spacial score (nSPS) is 12.0. The SMILES string of the molecule is CCC=CCC=CCC=CCCCCCCCC[N+](=O)[O-]. The Bertz CT molecular complexity index is 319. The van der Waals surface area contributed by atoms with Gasteiger partial charge in [-0.25, -0.2) is 0 Å². The fourth-order valence-corrected chi connectivity index (χ4v) is 2.04. The van der Waals surface area contributed by atoms with Crippen LogP contribution < -0.4 is 0 Å². The van der Waals surface area contributed by atoms with Gasteiger partial charge in [0.15, 0.2) is 0 Å². The summed E-state index contributed by atoms with van der Waals surface area (Å²) < 4.78 is 0. The number of hydrogen-bond donors (Lipinski definition) is 0. The van der Waals surface area contributed by atoms with Gasteiger partial charge in [0.1, 0.15) is 0 Å². The lowest BCUT2D eigenvalue weighted by atomic mass is 10.1. The van der Waals surface area contributed by atoms with Crippen molar-refractivity contribution in [3.8, 4) is 0 Å². The summed E-state index contributed by atoms with van der Waals surface area (Å²) in [5.74, 6) is 0. The van der Waals surface area contributed by atoms with E-state index in [0.717, 1.165) is 44.9 Å². The minimum atomic E-state index is -0.223. The molecule has 0 heterocycles. The highest BCUT2D eigenvalue weighted by Crippen LogP contribution is 2.07. The third kappa shape index (κ3) is 18.6. The van der Waals surface area contributed by atoms with Gasteiger partial charge in [-0.2, -0.15) is 0 Å². The molecule has 3 heteroatoms. The van der Waals surface area contributed by atoms with Gasteiger partial charge in [0.25, 0.3) is 0 Å². The van der Waals surface area contributed by atoms with Crippen molar-refractivity contribution >= 4 is 0 Å². The molecule has 0 spiro atoms. The molecule has 21 heavy (non-hydrogen) atoms. The molecule has 3 nitrogen and oxygen atoms in total. The van der Waals surface area contributed by atoms with Crippen molar-refractivity contribution in [1.29, 1.82) is 0 Å². The molecule has 0 radical (unpaired) electrons. The van der Waals surface area contributed by atoms with E-state index in [1.807, 2.05) is 0 Å². The Kier molecular flexibility index (Phi) is 15.6. The molecule has 0 N–H and O–H groups in total. The smallest absolute Gasteiger partial charge is 0.203 e. The molecule has 0 saturated carbocycles. The first-order valence-electron chi connectivity index (χ1n) is 8.34. The maximum atomic E-state index is 10.1. The monoisotopic (exact) mass is 293 g/mol. The summed E-state index contributed by atoms with van der Waals surface area (Å²) in [7, 11) is 0. The Morgan fingerprint density at radius 3 is 1.90 bits per heavy atom. The Morgan fingerprint density at radius 1 is 0.762 bits per heavy atom. The first-order chi connectivity index (χ1) is 10.3. The quantitative estimate of drug-likeness (QED) is 0.174. The highest BCUT2D eigenvalue weighted by Gasteiger charge is 1.96. The lowest BCUT2D eigenvalue weighted by Crippen LogP contribution is -1.99. The van der Waals surface area contributed by atoms with Crippen molar-refractivity contribution in [2.45, 2.75) is 71.1 Å².